The van der Waals surface area contributed by atoms with E-state index >= 15 is 0 Å². The number of aryl methyl sites for hydroxylation is 1. The molecular formula is C15H17N5O. The third kappa shape index (κ3) is 3.55. The van der Waals surface area contributed by atoms with Gasteiger partial charge in [0.05, 0.1) is 11.9 Å². The first kappa shape index (κ1) is 13.5. The molecule has 0 amide bonds. The zero-order chi connectivity index (χ0) is 14.5. The van der Waals surface area contributed by atoms with E-state index in [1.165, 1.54) is 0 Å². The van der Waals surface area contributed by atoms with Crippen molar-refractivity contribution in [1.82, 2.24) is 25.2 Å². The highest BCUT2D eigenvalue weighted by Crippen LogP contribution is 2.07. The number of benzene rings is 1. The minimum absolute atomic E-state index is 0.667. The molecule has 2 aromatic heterocycles. The van der Waals surface area contributed by atoms with Crippen LogP contribution in [-0.2, 0) is 13.0 Å². The zero-order valence-corrected chi connectivity index (χ0v) is 11.9. The van der Waals surface area contributed by atoms with Gasteiger partial charge < -0.3 is 9.84 Å². The molecule has 0 saturated carbocycles. The summed E-state index contributed by atoms with van der Waals surface area (Å²) in [4.78, 5) is 4.16. The molecule has 1 aromatic carbocycles. The predicted octanol–water partition coefficient (Wildman–Crippen LogP) is 1.90. The Balaban J connectivity index is 1.49. The lowest BCUT2D eigenvalue weighted by molar-refractivity contribution is 0.372. The fraction of sp³-hybridized carbons (Fsp3) is 0.267. The zero-order valence-electron chi connectivity index (χ0n) is 11.9. The highest BCUT2D eigenvalue weighted by molar-refractivity contribution is 5.30. The Morgan fingerprint density at radius 3 is 2.86 bits per heavy atom. The van der Waals surface area contributed by atoms with Crippen molar-refractivity contribution < 1.29 is 4.52 Å². The van der Waals surface area contributed by atoms with Crippen molar-refractivity contribution in [2.24, 2.45) is 0 Å². The monoisotopic (exact) mass is 283 g/mol. The number of nitrogens with one attached hydrogen (secondary N) is 1. The third-order valence-electron chi connectivity index (χ3n) is 3.07. The molecule has 0 fully saturated rings. The van der Waals surface area contributed by atoms with Gasteiger partial charge in [-0.25, -0.2) is 4.68 Å². The van der Waals surface area contributed by atoms with Gasteiger partial charge >= 0.3 is 0 Å². The van der Waals surface area contributed by atoms with Crippen LogP contribution in [0.5, 0.6) is 0 Å². The van der Waals surface area contributed by atoms with Crippen LogP contribution in [-0.4, -0.2) is 26.5 Å². The lowest BCUT2D eigenvalue weighted by atomic mass is 10.3. The number of hydrogen-bond acceptors (Lipinski definition) is 5. The molecule has 21 heavy (non-hydrogen) atoms. The van der Waals surface area contributed by atoms with E-state index in [-0.39, 0.29) is 0 Å². The first-order valence-corrected chi connectivity index (χ1v) is 6.90. The number of aromatic nitrogens is 4. The molecule has 6 heteroatoms. The summed E-state index contributed by atoms with van der Waals surface area (Å²) in [6.45, 7) is 3.37. The van der Waals surface area contributed by atoms with Gasteiger partial charge in [-0.15, -0.1) is 0 Å². The summed E-state index contributed by atoms with van der Waals surface area (Å²) in [6.07, 6.45) is 4.63. The third-order valence-corrected chi connectivity index (χ3v) is 3.07. The fourth-order valence-corrected chi connectivity index (χ4v) is 2.04. The topological polar surface area (TPSA) is 68.8 Å². The summed E-state index contributed by atoms with van der Waals surface area (Å²) in [7, 11) is 0. The maximum Gasteiger partial charge on any atom is 0.227 e. The van der Waals surface area contributed by atoms with E-state index in [4.69, 9.17) is 4.52 Å². The van der Waals surface area contributed by atoms with E-state index < -0.39 is 0 Å². The molecule has 0 atom stereocenters. The van der Waals surface area contributed by atoms with Crippen molar-refractivity contribution in [3.8, 4) is 5.69 Å². The summed E-state index contributed by atoms with van der Waals surface area (Å²) in [5.74, 6) is 1.34. The van der Waals surface area contributed by atoms with Gasteiger partial charge in [0.2, 0.25) is 5.89 Å². The van der Waals surface area contributed by atoms with E-state index in [2.05, 4.69) is 20.6 Å². The Kier molecular flexibility index (Phi) is 4.07. The van der Waals surface area contributed by atoms with Crippen molar-refractivity contribution in [2.75, 3.05) is 6.54 Å². The van der Waals surface area contributed by atoms with E-state index in [9.17, 15) is 0 Å². The van der Waals surface area contributed by atoms with E-state index in [0.29, 0.717) is 11.7 Å². The van der Waals surface area contributed by atoms with Crippen molar-refractivity contribution in [3.63, 3.8) is 0 Å². The molecule has 3 aromatic rings. The Bertz CT molecular complexity index is 689. The summed E-state index contributed by atoms with van der Waals surface area (Å²) in [5.41, 5.74) is 2.20. The van der Waals surface area contributed by atoms with Gasteiger partial charge in [0.1, 0.15) is 0 Å². The fourth-order valence-electron chi connectivity index (χ4n) is 2.04. The van der Waals surface area contributed by atoms with Crippen molar-refractivity contribution in [2.45, 2.75) is 19.9 Å². The van der Waals surface area contributed by atoms with Gasteiger partial charge in [-0.05, 0) is 19.1 Å². The second-order valence-electron chi connectivity index (χ2n) is 4.79. The number of para-hydroxylation sites is 1. The standard InChI is InChI=1S/C15H17N5O/c1-12-18-15(21-19-12)7-8-16-9-13-10-17-20(11-13)14-5-3-2-4-6-14/h2-6,10-11,16H,7-9H2,1H3. The van der Waals surface area contributed by atoms with Crippen LogP contribution in [0.1, 0.15) is 17.3 Å². The molecule has 6 nitrogen and oxygen atoms in total. The number of nitrogens with zero attached hydrogens (tertiary/aromatic N) is 4. The SMILES string of the molecule is Cc1noc(CCNCc2cnn(-c3ccccc3)c2)n1. The Labute approximate surface area is 122 Å². The molecule has 0 aliphatic rings. The summed E-state index contributed by atoms with van der Waals surface area (Å²) >= 11 is 0. The van der Waals surface area contributed by atoms with Gasteiger partial charge in [0.15, 0.2) is 5.82 Å². The van der Waals surface area contributed by atoms with E-state index in [1.54, 1.807) is 0 Å². The lowest BCUT2D eigenvalue weighted by Crippen LogP contribution is -2.16. The smallest absolute Gasteiger partial charge is 0.227 e. The predicted molar refractivity (Wildman–Crippen MR) is 78.0 cm³/mol. The maximum absolute atomic E-state index is 5.06. The van der Waals surface area contributed by atoms with Crippen LogP contribution < -0.4 is 5.32 Å². The van der Waals surface area contributed by atoms with Crippen LogP contribution >= 0.6 is 0 Å². The van der Waals surface area contributed by atoms with Gasteiger partial charge in [0.25, 0.3) is 0 Å². The average molecular weight is 283 g/mol. The maximum atomic E-state index is 5.06. The molecule has 1 N–H and O–H groups in total. The molecule has 0 spiro atoms. The minimum Gasteiger partial charge on any atom is -0.339 e. The second kappa shape index (κ2) is 6.32. The van der Waals surface area contributed by atoms with E-state index in [1.807, 2.05) is 54.3 Å². The van der Waals surface area contributed by atoms with Gasteiger partial charge in [-0.3, -0.25) is 0 Å². The number of rotatable bonds is 6. The average Bonchev–Trinajstić information content (AvgIpc) is 3.14. The van der Waals surface area contributed by atoms with E-state index in [0.717, 1.165) is 30.8 Å². The van der Waals surface area contributed by atoms with Crippen molar-refractivity contribution in [3.05, 3.63) is 60.0 Å². The van der Waals surface area contributed by atoms with Crippen LogP contribution in [0.2, 0.25) is 0 Å². The molecule has 108 valence electrons. The van der Waals surface area contributed by atoms with Crippen LogP contribution in [0.25, 0.3) is 5.69 Å². The highest BCUT2D eigenvalue weighted by atomic mass is 16.5. The highest BCUT2D eigenvalue weighted by Gasteiger charge is 2.03. The first-order valence-electron chi connectivity index (χ1n) is 6.90. The summed E-state index contributed by atoms with van der Waals surface area (Å²) in [6, 6.07) is 10.1. The lowest BCUT2D eigenvalue weighted by Gasteiger charge is -2.01. The second-order valence-corrected chi connectivity index (χ2v) is 4.79. The molecule has 0 radical (unpaired) electrons. The summed E-state index contributed by atoms with van der Waals surface area (Å²) < 4.78 is 6.93. The minimum atomic E-state index is 0.667. The van der Waals surface area contributed by atoms with Crippen molar-refractivity contribution >= 4 is 0 Å². The van der Waals surface area contributed by atoms with Crippen LogP contribution in [0.3, 0.4) is 0 Å². The largest absolute Gasteiger partial charge is 0.339 e. The number of hydrogen-bond donors (Lipinski definition) is 1. The normalized spacial score (nSPS) is 10.9. The Morgan fingerprint density at radius 2 is 2.10 bits per heavy atom. The Morgan fingerprint density at radius 1 is 1.24 bits per heavy atom. The molecule has 0 unspecified atom stereocenters. The molecular weight excluding hydrogens is 266 g/mol. The first-order chi connectivity index (χ1) is 10.3. The Hall–Kier alpha value is -2.47. The quantitative estimate of drug-likeness (QED) is 0.700. The van der Waals surface area contributed by atoms with Gasteiger partial charge in [-0.2, -0.15) is 10.1 Å². The van der Waals surface area contributed by atoms with Crippen LogP contribution in [0, 0.1) is 6.92 Å². The molecule has 0 saturated heterocycles. The van der Waals surface area contributed by atoms with Crippen LogP contribution in [0.15, 0.2) is 47.2 Å². The van der Waals surface area contributed by atoms with Gasteiger partial charge in [0, 0.05) is 31.3 Å². The molecule has 3 rings (SSSR count). The van der Waals surface area contributed by atoms with Gasteiger partial charge in [-0.1, -0.05) is 23.4 Å². The molecule has 2 heterocycles. The molecule has 0 aliphatic heterocycles. The van der Waals surface area contributed by atoms with Crippen LogP contribution in [0.4, 0.5) is 0 Å². The summed E-state index contributed by atoms with van der Waals surface area (Å²) in [5, 5.41) is 11.5. The van der Waals surface area contributed by atoms with Crippen molar-refractivity contribution in [1.29, 1.82) is 0 Å². The molecule has 0 aliphatic carbocycles. The molecule has 0 bridgehead atoms.